The summed E-state index contributed by atoms with van der Waals surface area (Å²) in [5, 5.41) is 55.7. The quantitative estimate of drug-likeness (QED) is 0.258. The number of carboxylic acids is 4. The minimum Gasteiger partial charge on any atom is -0.481 e. The zero-order valence-electron chi connectivity index (χ0n) is 18.4. The first-order valence-corrected chi connectivity index (χ1v) is 9.66. The molecule has 11 nitrogen and oxygen atoms in total. The summed E-state index contributed by atoms with van der Waals surface area (Å²) >= 11 is 0. The first-order chi connectivity index (χ1) is 13.9. The monoisotopic (exact) mass is 444 g/mol. The zero-order chi connectivity index (χ0) is 25.0. The molecule has 0 heterocycles. The molecule has 0 aromatic rings. The van der Waals surface area contributed by atoms with Gasteiger partial charge in [-0.25, -0.2) is 0 Å². The van der Waals surface area contributed by atoms with E-state index in [9.17, 15) is 19.2 Å². The normalized spacial score (nSPS) is 8.53. The Hall–Kier alpha value is -2.24. The van der Waals surface area contributed by atoms with Gasteiger partial charge < -0.3 is 35.7 Å². The van der Waals surface area contributed by atoms with Crippen LogP contribution in [-0.2, 0) is 19.2 Å². The molecule has 0 aliphatic heterocycles. The lowest BCUT2D eigenvalue weighted by Gasteiger charge is -1.96. The molecular weight excluding hydrogens is 404 g/mol. The lowest BCUT2D eigenvalue weighted by molar-refractivity contribution is -0.138. The van der Waals surface area contributed by atoms with Crippen LogP contribution in [0.4, 0.5) is 0 Å². The predicted molar refractivity (Wildman–Crippen MR) is 110 cm³/mol. The van der Waals surface area contributed by atoms with E-state index >= 15 is 0 Å². The molecule has 0 aliphatic carbocycles. The van der Waals surface area contributed by atoms with Crippen molar-refractivity contribution in [3.63, 3.8) is 0 Å². The number of aliphatic hydroxyl groups is 3. The topological polar surface area (TPSA) is 210 Å². The van der Waals surface area contributed by atoms with Crippen LogP contribution in [0.25, 0.3) is 0 Å². The Morgan fingerprint density at radius 3 is 0.700 bits per heavy atom. The number of aliphatic hydroxyl groups excluding tert-OH is 3. The van der Waals surface area contributed by atoms with Crippen molar-refractivity contribution in [3.05, 3.63) is 0 Å². The molecule has 0 radical (unpaired) electrons. The number of hydrogen-bond donors (Lipinski definition) is 7. The van der Waals surface area contributed by atoms with Crippen molar-refractivity contribution in [2.75, 3.05) is 13.2 Å². The van der Waals surface area contributed by atoms with E-state index in [4.69, 9.17) is 35.7 Å². The number of rotatable bonds is 10. The molecule has 7 N–H and O–H groups in total. The molecule has 0 amide bonds. The summed E-state index contributed by atoms with van der Waals surface area (Å²) in [6.07, 6.45) is 3.14. The summed E-state index contributed by atoms with van der Waals surface area (Å²) in [5.74, 6) is -2.84. The fraction of sp³-hybridized carbons (Fsp3) is 0.789. The molecule has 0 aromatic carbocycles. The first-order valence-electron chi connectivity index (χ1n) is 9.66. The molecule has 11 heteroatoms. The van der Waals surface area contributed by atoms with E-state index in [0.29, 0.717) is 25.7 Å². The summed E-state index contributed by atoms with van der Waals surface area (Å²) in [7, 11) is 0. The van der Waals surface area contributed by atoms with Gasteiger partial charge in [-0.15, -0.1) is 0 Å². The van der Waals surface area contributed by atoms with Crippen LogP contribution >= 0.6 is 0 Å². The van der Waals surface area contributed by atoms with Crippen LogP contribution in [-0.4, -0.2) is 78.9 Å². The Morgan fingerprint density at radius 1 is 0.533 bits per heavy atom. The lowest BCUT2D eigenvalue weighted by Crippen LogP contribution is -2.15. The van der Waals surface area contributed by atoms with Gasteiger partial charge in [0.05, 0.1) is 13.2 Å². The third-order valence-corrected chi connectivity index (χ3v) is 2.28. The van der Waals surface area contributed by atoms with Crippen molar-refractivity contribution in [3.8, 4) is 0 Å². The van der Waals surface area contributed by atoms with Gasteiger partial charge in [0.25, 0.3) is 0 Å². The van der Waals surface area contributed by atoms with Crippen LogP contribution in [0.2, 0.25) is 0 Å². The summed E-state index contributed by atoms with van der Waals surface area (Å²) in [4.78, 5) is 38.4. The SMILES string of the molecule is CCCC(=O)O.CCCC(=O)O.CCCC(=O)O.CCCC(=O)O.OCC(O)CO. The fourth-order valence-electron chi connectivity index (χ4n) is 0.913. The summed E-state index contributed by atoms with van der Waals surface area (Å²) in [6, 6.07) is 0. The van der Waals surface area contributed by atoms with E-state index in [2.05, 4.69) is 0 Å². The molecule has 0 atom stereocenters. The number of aliphatic carboxylic acids is 4. The van der Waals surface area contributed by atoms with Crippen LogP contribution in [0.1, 0.15) is 79.1 Å². The molecule has 182 valence electrons. The molecule has 0 fully saturated rings. The Kier molecular flexibility index (Phi) is 43.8. The lowest BCUT2D eigenvalue weighted by atomic mass is 10.4. The van der Waals surface area contributed by atoms with Crippen molar-refractivity contribution < 1.29 is 54.9 Å². The van der Waals surface area contributed by atoms with Crippen molar-refractivity contribution in [2.24, 2.45) is 0 Å². The average molecular weight is 445 g/mol. The van der Waals surface area contributed by atoms with Crippen LogP contribution in [0.5, 0.6) is 0 Å². The standard InChI is InChI=1S/4C4H8O2.C3H8O3/c4*1-2-3-4(5)6;4-1-3(6)2-5/h4*2-3H2,1H3,(H,5,6);3-6H,1-2H2. The Morgan fingerprint density at radius 2 is 0.700 bits per heavy atom. The minimum absolute atomic E-state index is 0.292. The highest BCUT2D eigenvalue weighted by Crippen LogP contribution is 1.83. The fourth-order valence-corrected chi connectivity index (χ4v) is 0.913. The molecule has 0 saturated heterocycles. The van der Waals surface area contributed by atoms with E-state index < -0.39 is 30.0 Å². The molecule has 0 bridgehead atoms. The van der Waals surface area contributed by atoms with Gasteiger partial charge in [-0.3, -0.25) is 19.2 Å². The van der Waals surface area contributed by atoms with Gasteiger partial charge in [-0.1, -0.05) is 27.7 Å². The second kappa shape index (κ2) is 34.3. The highest BCUT2D eigenvalue weighted by molar-refractivity contribution is 5.67. The predicted octanol–water partition coefficient (Wildman–Crippen LogP) is 1.82. The van der Waals surface area contributed by atoms with E-state index in [1.165, 1.54) is 0 Å². The molecular formula is C19H40O11. The third kappa shape index (κ3) is 83.4. The van der Waals surface area contributed by atoms with Gasteiger partial charge in [0.15, 0.2) is 0 Å². The van der Waals surface area contributed by atoms with Gasteiger partial charge in [0.2, 0.25) is 0 Å². The highest BCUT2D eigenvalue weighted by Gasteiger charge is 1.93. The molecule has 0 spiro atoms. The van der Waals surface area contributed by atoms with Gasteiger partial charge in [-0.2, -0.15) is 0 Å². The van der Waals surface area contributed by atoms with Gasteiger partial charge >= 0.3 is 23.9 Å². The van der Waals surface area contributed by atoms with Crippen LogP contribution in [0.15, 0.2) is 0 Å². The maximum atomic E-state index is 9.60. The molecule has 0 aromatic heterocycles. The molecule has 0 rings (SSSR count). The molecule has 0 saturated carbocycles. The van der Waals surface area contributed by atoms with E-state index in [-0.39, 0.29) is 13.2 Å². The van der Waals surface area contributed by atoms with Gasteiger partial charge in [0.1, 0.15) is 6.10 Å². The van der Waals surface area contributed by atoms with E-state index in [1.807, 2.05) is 27.7 Å². The number of carboxylic acid groups (broad SMARTS) is 4. The maximum Gasteiger partial charge on any atom is 0.303 e. The second-order valence-electron chi connectivity index (χ2n) is 5.59. The van der Waals surface area contributed by atoms with E-state index in [0.717, 1.165) is 25.7 Å². The second-order valence-corrected chi connectivity index (χ2v) is 5.59. The van der Waals surface area contributed by atoms with Crippen LogP contribution < -0.4 is 0 Å². The molecule has 0 unspecified atom stereocenters. The molecule has 30 heavy (non-hydrogen) atoms. The van der Waals surface area contributed by atoms with Gasteiger partial charge in [0, 0.05) is 25.7 Å². The smallest absolute Gasteiger partial charge is 0.303 e. The Balaban J connectivity index is -0.0000000868. The minimum atomic E-state index is -0.954. The summed E-state index contributed by atoms with van der Waals surface area (Å²) < 4.78 is 0. The number of hydrogen-bond acceptors (Lipinski definition) is 7. The number of carbonyl (C=O) groups is 4. The maximum absolute atomic E-state index is 9.60. The van der Waals surface area contributed by atoms with Gasteiger partial charge in [-0.05, 0) is 25.7 Å². The summed E-state index contributed by atoms with van der Waals surface area (Å²) in [6.45, 7) is 6.64. The average Bonchev–Trinajstić information content (AvgIpc) is 2.62. The Bertz CT molecular complexity index is 330. The van der Waals surface area contributed by atoms with E-state index in [1.54, 1.807) is 0 Å². The van der Waals surface area contributed by atoms with Crippen molar-refractivity contribution >= 4 is 23.9 Å². The third-order valence-electron chi connectivity index (χ3n) is 2.28. The van der Waals surface area contributed by atoms with Crippen molar-refractivity contribution in [2.45, 2.75) is 85.2 Å². The van der Waals surface area contributed by atoms with Crippen LogP contribution in [0.3, 0.4) is 0 Å². The van der Waals surface area contributed by atoms with Crippen molar-refractivity contribution in [1.82, 2.24) is 0 Å². The van der Waals surface area contributed by atoms with Crippen LogP contribution in [0, 0.1) is 0 Å². The zero-order valence-corrected chi connectivity index (χ0v) is 18.4. The summed E-state index contributed by atoms with van der Waals surface area (Å²) in [5.41, 5.74) is 0. The molecule has 0 aliphatic rings. The Labute approximate surface area is 178 Å². The largest absolute Gasteiger partial charge is 0.481 e. The van der Waals surface area contributed by atoms with Crippen molar-refractivity contribution in [1.29, 1.82) is 0 Å². The first kappa shape index (κ1) is 38.4. The highest BCUT2D eigenvalue weighted by atomic mass is 16.4.